The zero-order valence-electron chi connectivity index (χ0n) is 15.7. The summed E-state index contributed by atoms with van der Waals surface area (Å²) in [5.41, 5.74) is 1.27. The van der Waals surface area contributed by atoms with Crippen LogP contribution >= 0.6 is 0 Å². The Labute approximate surface area is 159 Å². The fourth-order valence-corrected chi connectivity index (χ4v) is 3.41. The van der Waals surface area contributed by atoms with Gasteiger partial charge in [-0.25, -0.2) is 4.98 Å². The van der Waals surface area contributed by atoms with Crippen LogP contribution in [0.4, 0.5) is 5.69 Å². The third-order valence-corrected chi connectivity index (χ3v) is 4.94. The van der Waals surface area contributed by atoms with Crippen LogP contribution in [0.15, 0.2) is 43.0 Å². The van der Waals surface area contributed by atoms with Crippen LogP contribution in [0.25, 0.3) is 0 Å². The van der Waals surface area contributed by atoms with Crippen LogP contribution < -0.4 is 10.6 Å². The van der Waals surface area contributed by atoms with E-state index < -0.39 is 0 Å². The summed E-state index contributed by atoms with van der Waals surface area (Å²) in [5.74, 6) is 0.591. The van der Waals surface area contributed by atoms with Crippen molar-refractivity contribution in [2.24, 2.45) is 5.92 Å². The number of nitrogens with zero attached hydrogens (tertiary/aromatic N) is 3. The van der Waals surface area contributed by atoms with Crippen molar-refractivity contribution in [3.8, 4) is 0 Å². The van der Waals surface area contributed by atoms with Gasteiger partial charge >= 0.3 is 0 Å². The van der Waals surface area contributed by atoms with Gasteiger partial charge in [0, 0.05) is 49.7 Å². The van der Waals surface area contributed by atoms with Crippen LogP contribution in [0.5, 0.6) is 0 Å². The van der Waals surface area contributed by atoms with Gasteiger partial charge in [0.05, 0.1) is 6.33 Å². The zero-order chi connectivity index (χ0) is 19.1. The Bertz CT molecular complexity index is 751. The van der Waals surface area contributed by atoms with Gasteiger partial charge in [-0.1, -0.05) is 6.07 Å². The molecule has 3 rings (SSSR count). The Morgan fingerprint density at radius 2 is 2.07 bits per heavy atom. The largest absolute Gasteiger partial charge is 0.339 e. The molecule has 1 saturated heterocycles. The van der Waals surface area contributed by atoms with Crippen LogP contribution in [0.1, 0.15) is 29.6 Å². The van der Waals surface area contributed by atoms with Crippen molar-refractivity contribution in [3.63, 3.8) is 0 Å². The number of hydrogen-bond donors (Lipinski definition) is 2. The van der Waals surface area contributed by atoms with Gasteiger partial charge in [0.15, 0.2) is 0 Å². The van der Waals surface area contributed by atoms with Crippen molar-refractivity contribution in [3.05, 3.63) is 48.5 Å². The molecule has 0 bridgehead atoms. The van der Waals surface area contributed by atoms with Gasteiger partial charge in [0.25, 0.3) is 5.91 Å². The molecule has 2 N–H and O–H groups in total. The van der Waals surface area contributed by atoms with Crippen LogP contribution in [-0.4, -0.2) is 52.9 Å². The highest BCUT2D eigenvalue weighted by atomic mass is 16.2. The molecule has 1 aliphatic rings. The maximum Gasteiger partial charge on any atom is 0.253 e. The minimum atomic E-state index is -0.0822. The lowest BCUT2D eigenvalue weighted by atomic mass is 9.96. The molecule has 1 aromatic carbocycles. The summed E-state index contributed by atoms with van der Waals surface area (Å²) in [6.07, 6.45) is 7.61. The highest BCUT2D eigenvalue weighted by molar-refractivity contribution is 5.97. The highest BCUT2D eigenvalue weighted by Crippen LogP contribution is 2.20. The van der Waals surface area contributed by atoms with Crippen LogP contribution in [0.3, 0.4) is 0 Å². The summed E-state index contributed by atoms with van der Waals surface area (Å²) in [4.78, 5) is 30.8. The average Bonchev–Trinajstić information content (AvgIpc) is 3.21. The normalized spacial score (nSPS) is 14.9. The minimum absolute atomic E-state index is 0.0347. The number of benzene rings is 1. The Morgan fingerprint density at radius 1 is 1.26 bits per heavy atom. The van der Waals surface area contributed by atoms with E-state index >= 15 is 0 Å². The quantitative estimate of drug-likeness (QED) is 0.782. The van der Waals surface area contributed by atoms with Gasteiger partial charge in [-0.05, 0) is 50.6 Å². The number of likely N-dealkylation sites (tertiary alicyclic amines) is 1. The zero-order valence-corrected chi connectivity index (χ0v) is 15.7. The highest BCUT2D eigenvalue weighted by Gasteiger charge is 2.23. The van der Waals surface area contributed by atoms with E-state index in [4.69, 9.17) is 0 Å². The van der Waals surface area contributed by atoms with Crippen LogP contribution in [0.2, 0.25) is 0 Å². The number of carbonyl (C=O) groups excluding carboxylic acids is 2. The van der Waals surface area contributed by atoms with Crippen molar-refractivity contribution < 1.29 is 9.59 Å². The molecule has 0 radical (unpaired) electrons. The first-order valence-electron chi connectivity index (χ1n) is 9.45. The molecule has 0 aliphatic carbocycles. The minimum Gasteiger partial charge on any atom is -0.339 e. The first-order valence-corrected chi connectivity index (χ1v) is 9.45. The number of imidazole rings is 1. The number of aromatic nitrogens is 2. The number of carbonyl (C=O) groups is 2. The van der Waals surface area contributed by atoms with E-state index in [9.17, 15) is 9.59 Å². The van der Waals surface area contributed by atoms with E-state index in [1.165, 1.54) is 0 Å². The second kappa shape index (κ2) is 9.32. The van der Waals surface area contributed by atoms with Crippen molar-refractivity contribution in [2.75, 3.05) is 32.0 Å². The summed E-state index contributed by atoms with van der Waals surface area (Å²) in [5, 5.41) is 6.08. The molecule has 7 heteroatoms. The number of hydrogen-bond acceptors (Lipinski definition) is 4. The topological polar surface area (TPSA) is 79.3 Å². The maximum absolute atomic E-state index is 12.8. The molecule has 1 aliphatic heterocycles. The molecule has 2 aromatic rings. The molecule has 144 valence electrons. The average molecular weight is 369 g/mol. The second-order valence-corrected chi connectivity index (χ2v) is 6.97. The number of amides is 2. The SMILES string of the molecule is CNCC1CCN(C(=O)c2cccc(NC(=O)CCn3ccnc3)c2)CC1. The Kier molecular flexibility index (Phi) is 6.59. The van der Waals surface area contributed by atoms with Crippen molar-refractivity contribution >= 4 is 17.5 Å². The third kappa shape index (κ3) is 5.40. The van der Waals surface area contributed by atoms with Crippen molar-refractivity contribution in [1.82, 2.24) is 19.8 Å². The van der Waals surface area contributed by atoms with Gasteiger partial charge in [-0.15, -0.1) is 0 Å². The van der Waals surface area contributed by atoms with Gasteiger partial charge in [0.2, 0.25) is 5.91 Å². The fraction of sp³-hybridized carbons (Fsp3) is 0.450. The first-order chi connectivity index (χ1) is 13.2. The van der Waals surface area contributed by atoms with E-state index in [-0.39, 0.29) is 11.8 Å². The molecule has 2 heterocycles. The van der Waals surface area contributed by atoms with Crippen molar-refractivity contribution in [1.29, 1.82) is 0 Å². The van der Waals surface area contributed by atoms with E-state index in [2.05, 4.69) is 15.6 Å². The predicted molar refractivity (Wildman–Crippen MR) is 104 cm³/mol. The van der Waals surface area contributed by atoms with E-state index in [1.807, 2.05) is 40.9 Å². The molecular weight excluding hydrogens is 342 g/mol. The molecule has 27 heavy (non-hydrogen) atoms. The molecule has 0 atom stereocenters. The lowest BCUT2D eigenvalue weighted by molar-refractivity contribution is -0.116. The van der Waals surface area contributed by atoms with Gasteiger partial charge < -0.3 is 20.1 Å². The standard InChI is InChI=1S/C20H27N5O2/c1-21-14-16-5-10-25(11-6-16)20(27)17-3-2-4-18(13-17)23-19(26)7-9-24-12-8-22-15-24/h2-4,8,12-13,15-16,21H,5-7,9-11,14H2,1H3,(H,23,26). The molecule has 0 spiro atoms. The number of anilines is 1. The smallest absolute Gasteiger partial charge is 0.253 e. The number of piperidine rings is 1. The van der Waals surface area contributed by atoms with E-state index in [0.29, 0.717) is 30.1 Å². The van der Waals surface area contributed by atoms with Gasteiger partial charge in [-0.3, -0.25) is 9.59 Å². The monoisotopic (exact) mass is 369 g/mol. The first kappa shape index (κ1) is 19.1. The molecule has 2 amide bonds. The lowest BCUT2D eigenvalue weighted by Gasteiger charge is -2.32. The predicted octanol–water partition coefficient (Wildman–Crippen LogP) is 1.98. The Morgan fingerprint density at radius 3 is 2.78 bits per heavy atom. The van der Waals surface area contributed by atoms with Crippen molar-refractivity contribution in [2.45, 2.75) is 25.8 Å². The van der Waals surface area contributed by atoms with Crippen LogP contribution in [-0.2, 0) is 11.3 Å². The maximum atomic E-state index is 12.8. The number of aryl methyl sites for hydroxylation is 1. The number of rotatable bonds is 7. The molecule has 7 nitrogen and oxygen atoms in total. The summed E-state index contributed by atoms with van der Waals surface area (Å²) < 4.78 is 1.86. The fourth-order valence-electron chi connectivity index (χ4n) is 3.41. The lowest BCUT2D eigenvalue weighted by Crippen LogP contribution is -2.40. The third-order valence-electron chi connectivity index (χ3n) is 4.94. The molecule has 1 aromatic heterocycles. The van der Waals surface area contributed by atoms with Gasteiger partial charge in [-0.2, -0.15) is 0 Å². The van der Waals surface area contributed by atoms with Gasteiger partial charge in [0.1, 0.15) is 0 Å². The summed E-state index contributed by atoms with van der Waals surface area (Å²) >= 11 is 0. The molecule has 0 unspecified atom stereocenters. The summed E-state index contributed by atoms with van der Waals surface area (Å²) in [6.45, 7) is 3.15. The van der Waals surface area contributed by atoms with Crippen LogP contribution in [0, 0.1) is 5.92 Å². The second-order valence-electron chi connectivity index (χ2n) is 6.97. The summed E-state index contributed by atoms with van der Waals surface area (Å²) in [6, 6.07) is 7.19. The molecule has 1 fully saturated rings. The Balaban J connectivity index is 1.53. The Hall–Kier alpha value is -2.67. The van der Waals surface area contributed by atoms with E-state index in [0.717, 1.165) is 32.5 Å². The number of nitrogens with one attached hydrogen (secondary N) is 2. The molecule has 0 saturated carbocycles. The molecular formula is C20H27N5O2. The summed E-state index contributed by atoms with van der Waals surface area (Å²) in [7, 11) is 1.97. The van der Waals surface area contributed by atoms with E-state index in [1.54, 1.807) is 18.6 Å².